The highest BCUT2D eigenvalue weighted by Gasteiger charge is 2.44. The monoisotopic (exact) mass is 512 g/mol. The fourth-order valence-electron chi connectivity index (χ4n) is 3.66. The summed E-state index contributed by atoms with van der Waals surface area (Å²) in [4.78, 5) is 11.8. The smallest absolute Gasteiger partial charge is 0.288 e. The van der Waals surface area contributed by atoms with E-state index in [1.165, 1.54) is 15.6 Å². The molecule has 0 saturated carbocycles. The molecule has 3 aromatic carbocycles. The Balaban J connectivity index is 2.31. The van der Waals surface area contributed by atoms with E-state index in [-0.39, 0.29) is 12.0 Å². The first-order valence-corrected chi connectivity index (χ1v) is 12.9. The second-order valence-electron chi connectivity index (χ2n) is 7.17. The molecule has 0 aliphatic carbocycles. The van der Waals surface area contributed by atoms with Crippen LogP contribution >= 0.6 is 22.6 Å². The molecule has 0 heterocycles. The predicted octanol–water partition coefficient (Wildman–Crippen LogP) is 4.21. The van der Waals surface area contributed by atoms with Crippen LogP contribution in [0.4, 0.5) is 0 Å². The average Bonchev–Trinajstić information content (AvgIpc) is 2.81. The molecular formula is C25H25IO2Si. The van der Waals surface area contributed by atoms with Gasteiger partial charge >= 0.3 is 0 Å². The van der Waals surface area contributed by atoms with E-state index in [4.69, 9.17) is 4.43 Å². The lowest BCUT2D eigenvalue weighted by molar-refractivity contribution is -0.112. The third kappa shape index (κ3) is 4.60. The van der Waals surface area contributed by atoms with Crippen LogP contribution in [0.5, 0.6) is 0 Å². The van der Waals surface area contributed by atoms with Crippen molar-refractivity contribution in [1.29, 1.82) is 0 Å². The van der Waals surface area contributed by atoms with Crippen LogP contribution in [-0.2, 0) is 9.22 Å². The molecule has 0 radical (unpaired) electrons. The number of aldehydes is 1. The highest BCUT2D eigenvalue weighted by molar-refractivity contribution is 14.1. The summed E-state index contributed by atoms with van der Waals surface area (Å²) < 4.78 is 9.15. The highest BCUT2D eigenvalue weighted by Crippen LogP contribution is 2.22. The van der Waals surface area contributed by atoms with Gasteiger partial charge in [0.1, 0.15) is 6.29 Å². The van der Waals surface area contributed by atoms with Crippen molar-refractivity contribution in [2.24, 2.45) is 5.92 Å². The Morgan fingerprint density at radius 1 is 0.828 bits per heavy atom. The molecule has 3 rings (SSSR count). The lowest BCUT2D eigenvalue weighted by atomic mass is 10.0. The minimum absolute atomic E-state index is 0.246. The van der Waals surface area contributed by atoms with Gasteiger partial charge in [0, 0.05) is 5.92 Å². The van der Waals surface area contributed by atoms with E-state index in [1.54, 1.807) is 0 Å². The quantitative estimate of drug-likeness (QED) is 0.196. The van der Waals surface area contributed by atoms with Gasteiger partial charge in [0.2, 0.25) is 0 Å². The zero-order valence-electron chi connectivity index (χ0n) is 16.7. The molecule has 0 fully saturated rings. The highest BCUT2D eigenvalue weighted by atomic mass is 127. The number of rotatable bonds is 8. The Bertz CT molecular complexity index is 846. The van der Waals surface area contributed by atoms with E-state index in [0.717, 1.165) is 11.9 Å². The summed E-state index contributed by atoms with van der Waals surface area (Å²) in [5.74, 6) is -0.246. The second kappa shape index (κ2) is 10.1. The molecule has 0 aliphatic heterocycles. The fourth-order valence-corrected chi connectivity index (χ4v) is 8.19. The maximum atomic E-state index is 11.8. The van der Waals surface area contributed by atoms with Crippen molar-refractivity contribution in [3.63, 3.8) is 0 Å². The summed E-state index contributed by atoms with van der Waals surface area (Å²) in [5.41, 5.74) is 1.06. The van der Waals surface area contributed by atoms with Crippen molar-refractivity contribution >= 4 is 52.8 Å². The maximum absolute atomic E-state index is 11.8. The van der Waals surface area contributed by atoms with Gasteiger partial charge in [0.25, 0.3) is 8.32 Å². The minimum Gasteiger partial charge on any atom is -0.397 e. The van der Waals surface area contributed by atoms with Gasteiger partial charge in [-0.25, -0.2) is 0 Å². The van der Waals surface area contributed by atoms with Gasteiger partial charge in [0.15, 0.2) is 0 Å². The second-order valence-corrected chi connectivity index (χ2v) is 11.1. The summed E-state index contributed by atoms with van der Waals surface area (Å²) in [6.45, 7) is 3.97. The molecule has 0 bridgehead atoms. The molecule has 0 saturated heterocycles. The first-order valence-electron chi connectivity index (χ1n) is 9.70. The molecule has 0 aliphatic rings. The largest absolute Gasteiger partial charge is 0.397 e. The molecule has 2 nitrogen and oxygen atoms in total. The van der Waals surface area contributed by atoms with E-state index >= 15 is 0 Å². The molecule has 0 spiro atoms. The topological polar surface area (TPSA) is 26.3 Å². The maximum Gasteiger partial charge on any atom is 0.288 e. The van der Waals surface area contributed by atoms with Crippen LogP contribution in [-0.4, -0.2) is 20.7 Å². The Morgan fingerprint density at radius 3 is 1.52 bits per heavy atom. The number of hydrogen-bond acceptors (Lipinski definition) is 2. The van der Waals surface area contributed by atoms with Crippen molar-refractivity contribution in [2.75, 3.05) is 0 Å². The molecule has 4 heteroatoms. The lowest BCUT2D eigenvalue weighted by Gasteiger charge is -2.38. The van der Waals surface area contributed by atoms with Gasteiger partial charge < -0.3 is 9.22 Å². The van der Waals surface area contributed by atoms with Crippen molar-refractivity contribution in [3.05, 3.63) is 101 Å². The number of benzene rings is 3. The third-order valence-electron chi connectivity index (χ3n) is 5.16. The van der Waals surface area contributed by atoms with Crippen LogP contribution < -0.4 is 15.6 Å². The van der Waals surface area contributed by atoms with E-state index in [1.807, 2.05) is 36.1 Å². The standard InChI is InChI=1S/C25H25IO2Si/c1-20(18-26)25(21(2)19-27)28-29(22-12-6-3-7-13-22,23-14-8-4-9-15-23)24-16-10-5-11-17-24/h3-19,21,25H,1-2H3/b20-18+/t21-,25-/m0/s1. The van der Waals surface area contributed by atoms with Gasteiger partial charge in [-0.15, -0.1) is 0 Å². The van der Waals surface area contributed by atoms with Crippen molar-refractivity contribution in [2.45, 2.75) is 20.0 Å². The minimum atomic E-state index is -2.85. The van der Waals surface area contributed by atoms with Crippen LogP contribution in [0, 0.1) is 5.92 Å². The van der Waals surface area contributed by atoms with E-state index < -0.39 is 8.32 Å². The van der Waals surface area contributed by atoms with Gasteiger partial charge in [-0.2, -0.15) is 0 Å². The van der Waals surface area contributed by atoms with Crippen molar-refractivity contribution in [1.82, 2.24) is 0 Å². The predicted molar refractivity (Wildman–Crippen MR) is 132 cm³/mol. The van der Waals surface area contributed by atoms with Crippen molar-refractivity contribution < 1.29 is 9.22 Å². The Kier molecular flexibility index (Phi) is 7.58. The van der Waals surface area contributed by atoms with Crippen molar-refractivity contribution in [3.8, 4) is 0 Å². The SMILES string of the molecule is C/C(=C\I)[C@H](O[Si](c1ccccc1)(c1ccccc1)c1ccccc1)[C@@H](C)C=O. The van der Waals surface area contributed by atoms with Crippen LogP contribution in [0.25, 0.3) is 0 Å². The molecule has 0 amide bonds. The lowest BCUT2D eigenvalue weighted by Crippen LogP contribution is -2.70. The normalized spacial score (nSPS) is 14.2. The van der Waals surface area contributed by atoms with Crippen LogP contribution in [0.2, 0.25) is 0 Å². The molecule has 0 N–H and O–H groups in total. The van der Waals surface area contributed by atoms with Crippen LogP contribution in [0.1, 0.15) is 13.8 Å². The van der Waals surface area contributed by atoms with Gasteiger partial charge in [0.05, 0.1) is 6.10 Å². The van der Waals surface area contributed by atoms with Gasteiger partial charge in [-0.05, 0) is 32.1 Å². The first-order chi connectivity index (χ1) is 14.1. The van der Waals surface area contributed by atoms with E-state index in [0.29, 0.717) is 0 Å². The Morgan fingerprint density at radius 2 is 1.21 bits per heavy atom. The summed E-state index contributed by atoms with van der Waals surface area (Å²) in [6.07, 6.45) is 0.700. The zero-order valence-corrected chi connectivity index (χ0v) is 19.8. The molecular weight excluding hydrogens is 487 g/mol. The molecule has 0 unspecified atom stereocenters. The molecule has 2 atom stereocenters. The number of carbonyl (C=O) groups excluding carboxylic acids is 1. The Hall–Kier alpha value is -2.02. The molecule has 3 aromatic rings. The summed E-state index contributed by atoms with van der Waals surface area (Å²) in [6, 6.07) is 31.4. The summed E-state index contributed by atoms with van der Waals surface area (Å²) >= 11 is 2.23. The number of hydrogen-bond donors (Lipinski definition) is 0. The third-order valence-corrected chi connectivity index (χ3v) is 10.2. The van der Waals surface area contributed by atoms with E-state index in [2.05, 4.69) is 95.4 Å². The molecule has 29 heavy (non-hydrogen) atoms. The van der Waals surface area contributed by atoms with Gasteiger partial charge in [-0.3, -0.25) is 0 Å². The van der Waals surface area contributed by atoms with Gasteiger partial charge in [-0.1, -0.05) is 121 Å². The molecule has 148 valence electrons. The first kappa shape index (κ1) is 21.7. The summed E-state index contributed by atoms with van der Waals surface area (Å²) in [5, 5.41) is 3.50. The van der Waals surface area contributed by atoms with E-state index in [9.17, 15) is 4.79 Å². The fraction of sp³-hybridized carbons (Fsp3) is 0.160. The Labute approximate surface area is 187 Å². The number of halogens is 1. The van der Waals surface area contributed by atoms with Crippen LogP contribution in [0.3, 0.4) is 0 Å². The molecule has 0 aromatic heterocycles. The average molecular weight is 512 g/mol. The van der Waals surface area contributed by atoms with Crippen LogP contribution in [0.15, 0.2) is 101 Å². The number of carbonyl (C=O) groups is 1. The summed E-state index contributed by atoms with van der Waals surface area (Å²) in [7, 11) is -2.85. The zero-order chi connectivity index (χ0) is 20.7.